The molecule has 6 nitrogen and oxygen atoms in total. The molecule has 2 atom stereocenters. The number of rotatable bonds is 2. The monoisotopic (exact) mass is 282 g/mol. The van der Waals surface area contributed by atoms with E-state index in [9.17, 15) is 4.79 Å². The van der Waals surface area contributed by atoms with Gasteiger partial charge in [-0.25, -0.2) is 14.8 Å². The van der Waals surface area contributed by atoms with Crippen LogP contribution in [0, 0.1) is 5.92 Å². The summed E-state index contributed by atoms with van der Waals surface area (Å²) in [4.78, 5) is 22.9. The number of hydrogen-bond acceptors (Lipinski definition) is 4. The number of aromatic nitrogens is 2. The number of carboxylic acid groups (broad SMARTS) is 1. The molecule has 0 radical (unpaired) electrons. The van der Waals surface area contributed by atoms with Crippen molar-refractivity contribution >= 4 is 17.7 Å². The van der Waals surface area contributed by atoms with Crippen LogP contribution in [0.4, 0.5) is 4.79 Å². The molecule has 0 saturated carbocycles. The number of fused-ring (bicyclic) bond motifs is 1. The van der Waals surface area contributed by atoms with E-state index in [0.717, 1.165) is 31.6 Å². The van der Waals surface area contributed by atoms with Crippen molar-refractivity contribution in [3.63, 3.8) is 0 Å². The molecule has 2 fully saturated rings. The number of hydrogen-bond donors (Lipinski definition) is 1. The maximum Gasteiger partial charge on any atom is 0.407 e. The van der Waals surface area contributed by atoms with Crippen LogP contribution in [0.15, 0.2) is 12.4 Å². The molecule has 1 aromatic rings. The Morgan fingerprint density at radius 1 is 1.42 bits per heavy atom. The second-order valence-corrected chi connectivity index (χ2v) is 5.48. The Bertz CT molecular complexity index is 481. The standard InChI is InChI=1S/C12H15ClN4O2/c13-11-14-3-8(4-15-11)5-16-6-9-1-2-17(12(18)19)10(9)7-16/h3-4,9-10H,1-2,5-7H2,(H,18,19)/t9-,10+/m0/s1. The molecule has 2 aliphatic rings. The molecule has 2 aliphatic heterocycles. The van der Waals surface area contributed by atoms with E-state index < -0.39 is 6.09 Å². The largest absolute Gasteiger partial charge is 0.465 e. The molecule has 3 rings (SSSR count). The van der Waals surface area contributed by atoms with Gasteiger partial charge in [0, 0.05) is 44.1 Å². The Morgan fingerprint density at radius 2 is 2.16 bits per heavy atom. The summed E-state index contributed by atoms with van der Waals surface area (Å²) < 4.78 is 0. The van der Waals surface area contributed by atoms with E-state index >= 15 is 0 Å². The summed E-state index contributed by atoms with van der Waals surface area (Å²) in [5, 5.41) is 9.39. The van der Waals surface area contributed by atoms with Crippen molar-refractivity contribution in [2.45, 2.75) is 19.0 Å². The third-order valence-corrected chi connectivity index (χ3v) is 4.14. The zero-order chi connectivity index (χ0) is 13.4. The van der Waals surface area contributed by atoms with Gasteiger partial charge in [-0.15, -0.1) is 0 Å². The zero-order valence-corrected chi connectivity index (χ0v) is 11.1. The third-order valence-electron chi connectivity index (χ3n) is 3.95. The summed E-state index contributed by atoms with van der Waals surface area (Å²) in [6, 6.07) is 0.144. The fourth-order valence-corrected chi connectivity index (χ4v) is 3.19. The summed E-state index contributed by atoms with van der Waals surface area (Å²) in [5.74, 6) is 0.462. The Labute approximate surface area is 116 Å². The zero-order valence-electron chi connectivity index (χ0n) is 10.4. The van der Waals surface area contributed by atoms with Gasteiger partial charge in [0.05, 0.1) is 6.04 Å². The van der Waals surface area contributed by atoms with Gasteiger partial charge in [-0.3, -0.25) is 4.90 Å². The minimum absolute atomic E-state index is 0.144. The Hall–Kier alpha value is -1.40. The average Bonchev–Trinajstić information content (AvgIpc) is 2.91. The van der Waals surface area contributed by atoms with Crippen molar-refractivity contribution < 1.29 is 9.90 Å². The maximum absolute atomic E-state index is 11.1. The van der Waals surface area contributed by atoms with Gasteiger partial charge in [-0.1, -0.05) is 0 Å². The van der Waals surface area contributed by atoms with Crippen LogP contribution in [0.1, 0.15) is 12.0 Å². The van der Waals surface area contributed by atoms with E-state index in [0.29, 0.717) is 12.5 Å². The number of halogens is 1. The topological polar surface area (TPSA) is 69.6 Å². The van der Waals surface area contributed by atoms with Crippen molar-refractivity contribution in [3.05, 3.63) is 23.2 Å². The van der Waals surface area contributed by atoms with Gasteiger partial charge in [0.2, 0.25) is 5.28 Å². The lowest BCUT2D eigenvalue weighted by atomic mass is 10.1. The molecule has 19 heavy (non-hydrogen) atoms. The summed E-state index contributed by atoms with van der Waals surface area (Å²) in [5.41, 5.74) is 1.01. The van der Waals surface area contributed by atoms with E-state index in [1.54, 1.807) is 17.3 Å². The smallest absolute Gasteiger partial charge is 0.407 e. The molecule has 0 aliphatic carbocycles. The first kappa shape index (κ1) is 12.6. The molecule has 102 valence electrons. The lowest BCUT2D eigenvalue weighted by molar-refractivity contribution is 0.136. The van der Waals surface area contributed by atoms with Crippen LogP contribution in [-0.4, -0.2) is 56.6 Å². The van der Waals surface area contributed by atoms with E-state index in [1.807, 2.05) is 0 Å². The Kier molecular flexibility index (Phi) is 3.28. The van der Waals surface area contributed by atoms with Gasteiger partial charge in [0.1, 0.15) is 0 Å². The summed E-state index contributed by atoms with van der Waals surface area (Å²) in [6.45, 7) is 3.15. The predicted molar refractivity (Wildman–Crippen MR) is 68.9 cm³/mol. The highest BCUT2D eigenvalue weighted by Crippen LogP contribution is 2.32. The normalized spacial score (nSPS) is 26.7. The first-order chi connectivity index (χ1) is 9.13. The molecule has 0 unspecified atom stereocenters. The lowest BCUT2D eigenvalue weighted by Crippen LogP contribution is -2.38. The predicted octanol–water partition coefficient (Wildman–Crippen LogP) is 1.31. The van der Waals surface area contributed by atoms with Crippen molar-refractivity contribution in [2.24, 2.45) is 5.92 Å². The van der Waals surface area contributed by atoms with Gasteiger partial charge in [-0.2, -0.15) is 0 Å². The number of amides is 1. The number of carbonyl (C=O) groups is 1. The highest BCUT2D eigenvalue weighted by molar-refractivity contribution is 6.28. The second kappa shape index (κ2) is 4.94. The summed E-state index contributed by atoms with van der Waals surface area (Å²) >= 11 is 5.65. The number of nitrogens with zero attached hydrogens (tertiary/aromatic N) is 4. The minimum Gasteiger partial charge on any atom is -0.465 e. The first-order valence-electron chi connectivity index (χ1n) is 6.32. The van der Waals surface area contributed by atoms with Crippen LogP contribution < -0.4 is 0 Å². The van der Waals surface area contributed by atoms with Crippen molar-refractivity contribution in [3.8, 4) is 0 Å². The fraction of sp³-hybridized carbons (Fsp3) is 0.583. The van der Waals surface area contributed by atoms with Crippen molar-refractivity contribution in [2.75, 3.05) is 19.6 Å². The van der Waals surface area contributed by atoms with Crippen LogP contribution in [0.2, 0.25) is 5.28 Å². The maximum atomic E-state index is 11.1. The average molecular weight is 283 g/mol. The van der Waals surface area contributed by atoms with E-state index in [4.69, 9.17) is 16.7 Å². The summed E-state index contributed by atoms with van der Waals surface area (Å²) in [7, 11) is 0. The van der Waals surface area contributed by atoms with Crippen LogP contribution in [0.3, 0.4) is 0 Å². The van der Waals surface area contributed by atoms with Gasteiger partial charge >= 0.3 is 6.09 Å². The number of likely N-dealkylation sites (tertiary alicyclic amines) is 2. The van der Waals surface area contributed by atoms with Crippen molar-refractivity contribution in [1.82, 2.24) is 19.8 Å². The molecular formula is C12H15ClN4O2. The highest BCUT2D eigenvalue weighted by Gasteiger charge is 2.43. The molecular weight excluding hydrogens is 268 g/mol. The second-order valence-electron chi connectivity index (χ2n) is 5.15. The molecule has 1 aromatic heterocycles. The Morgan fingerprint density at radius 3 is 2.84 bits per heavy atom. The molecule has 1 amide bonds. The quantitative estimate of drug-likeness (QED) is 0.829. The van der Waals surface area contributed by atoms with E-state index in [2.05, 4.69) is 14.9 Å². The van der Waals surface area contributed by atoms with Gasteiger partial charge in [0.15, 0.2) is 0 Å². The highest BCUT2D eigenvalue weighted by atomic mass is 35.5. The molecule has 3 heterocycles. The van der Waals surface area contributed by atoms with Gasteiger partial charge in [-0.05, 0) is 23.9 Å². The van der Waals surface area contributed by atoms with E-state index in [-0.39, 0.29) is 11.3 Å². The first-order valence-corrected chi connectivity index (χ1v) is 6.69. The van der Waals surface area contributed by atoms with Crippen LogP contribution in [-0.2, 0) is 6.54 Å². The molecule has 2 saturated heterocycles. The molecule has 0 spiro atoms. The molecule has 7 heteroatoms. The van der Waals surface area contributed by atoms with Crippen molar-refractivity contribution in [1.29, 1.82) is 0 Å². The fourth-order valence-electron chi connectivity index (χ4n) is 3.09. The van der Waals surface area contributed by atoms with Crippen LogP contribution in [0.5, 0.6) is 0 Å². The lowest BCUT2D eigenvalue weighted by Gasteiger charge is -2.22. The van der Waals surface area contributed by atoms with E-state index in [1.165, 1.54) is 0 Å². The van der Waals surface area contributed by atoms with Gasteiger partial charge in [0.25, 0.3) is 0 Å². The summed E-state index contributed by atoms with van der Waals surface area (Å²) in [6.07, 6.45) is 3.60. The SMILES string of the molecule is O=C(O)N1CC[C@H]2CN(Cc3cnc(Cl)nc3)C[C@H]21. The minimum atomic E-state index is -0.802. The molecule has 0 aromatic carbocycles. The molecule has 0 bridgehead atoms. The molecule has 1 N–H and O–H groups in total. The van der Waals surface area contributed by atoms with Crippen LogP contribution >= 0.6 is 11.6 Å². The van der Waals surface area contributed by atoms with Crippen LogP contribution in [0.25, 0.3) is 0 Å². The van der Waals surface area contributed by atoms with Gasteiger partial charge < -0.3 is 10.0 Å². The third kappa shape index (κ3) is 2.50. The Balaban J connectivity index is 1.63.